The second kappa shape index (κ2) is 5.84. The number of nitrogens with zero attached hydrogens (tertiary/aromatic N) is 1. The van der Waals surface area contributed by atoms with Gasteiger partial charge in [0.15, 0.2) is 0 Å². The number of halogens is 3. The number of benzene rings is 1. The second-order valence-corrected chi connectivity index (χ2v) is 7.05. The molecule has 0 amide bonds. The molecular weight excluding hydrogens is 305 g/mol. The van der Waals surface area contributed by atoms with Gasteiger partial charge in [-0.1, -0.05) is 6.07 Å². The van der Waals surface area contributed by atoms with Crippen molar-refractivity contribution in [1.82, 2.24) is 4.31 Å². The summed E-state index contributed by atoms with van der Waals surface area (Å²) in [5.74, 6) is 0. The summed E-state index contributed by atoms with van der Waals surface area (Å²) in [6.45, 7) is 4.28. The second-order valence-electron chi connectivity index (χ2n) is 5.07. The molecule has 0 unspecified atom stereocenters. The number of aryl methyl sites for hydroxylation is 2. The van der Waals surface area contributed by atoms with Crippen molar-refractivity contribution >= 4 is 15.7 Å². The molecule has 2 N–H and O–H groups in total. The van der Waals surface area contributed by atoms with Gasteiger partial charge in [-0.25, -0.2) is 12.7 Å². The molecule has 0 atom stereocenters. The number of rotatable bonds is 4. The maximum atomic E-state index is 12.5. The van der Waals surface area contributed by atoms with Crippen LogP contribution in [0.15, 0.2) is 11.0 Å². The lowest BCUT2D eigenvalue weighted by Crippen LogP contribution is -2.31. The summed E-state index contributed by atoms with van der Waals surface area (Å²) in [4.78, 5) is -0.0183. The predicted octanol–water partition coefficient (Wildman–Crippen LogP) is 2.77. The highest BCUT2D eigenvalue weighted by Gasteiger charge is 2.32. The van der Waals surface area contributed by atoms with E-state index in [-0.39, 0.29) is 4.90 Å². The fraction of sp³-hybridized carbons (Fsp3) is 0.538. The van der Waals surface area contributed by atoms with Crippen LogP contribution in [-0.4, -0.2) is 32.5 Å². The molecule has 0 saturated heterocycles. The van der Waals surface area contributed by atoms with E-state index in [1.165, 1.54) is 0 Å². The zero-order valence-electron chi connectivity index (χ0n) is 12.4. The minimum atomic E-state index is -4.40. The Hall–Kier alpha value is -1.28. The minimum Gasteiger partial charge on any atom is -0.398 e. The van der Waals surface area contributed by atoms with Crippen LogP contribution < -0.4 is 5.73 Å². The summed E-state index contributed by atoms with van der Waals surface area (Å²) in [5, 5.41) is 0. The van der Waals surface area contributed by atoms with Crippen LogP contribution in [0.1, 0.15) is 23.1 Å². The van der Waals surface area contributed by atoms with E-state index >= 15 is 0 Å². The van der Waals surface area contributed by atoms with Crippen LogP contribution in [0.3, 0.4) is 0 Å². The van der Waals surface area contributed by atoms with E-state index < -0.39 is 29.2 Å². The zero-order chi connectivity index (χ0) is 16.6. The Bertz CT molecular complexity index is 640. The number of alkyl halides is 3. The van der Waals surface area contributed by atoms with E-state index in [2.05, 4.69) is 0 Å². The fourth-order valence-corrected chi connectivity index (χ4v) is 3.75. The standard InChI is InChI=1S/C13H19F3N2O2S/c1-8-7-9(2)12(10(3)11(8)17)21(19,20)18(4)6-5-13(14,15)16/h7H,5-6,17H2,1-4H3. The molecule has 1 aromatic rings. The van der Waals surface area contributed by atoms with Crippen LogP contribution in [0.25, 0.3) is 0 Å². The summed E-state index contributed by atoms with van der Waals surface area (Å²) in [5.41, 5.74) is 7.74. The van der Waals surface area contributed by atoms with Gasteiger partial charge in [0.2, 0.25) is 10.0 Å². The molecule has 0 aliphatic rings. The lowest BCUT2D eigenvalue weighted by atomic mass is 10.1. The predicted molar refractivity (Wildman–Crippen MR) is 75.6 cm³/mol. The summed E-state index contributed by atoms with van der Waals surface area (Å²) < 4.78 is 62.3. The van der Waals surface area contributed by atoms with E-state index in [4.69, 9.17) is 5.73 Å². The van der Waals surface area contributed by atoms with E-state index in [9.17, 15) is 21.6 Å². The van der Waals surface area contributed by atoms with Crippen LogP contribution >= 0.6 is 0 Å². The summed E-state index contributed by atoms with van der Waals surface area (Å²) in [6.07, 6.45) is -5.59. The lowest BCUT2D eigenvalue weighted by molar-refractivity contribution is -0.135. The van der Waals surface area contributed by atoms with Gasteiger partial charge in [-0.05, 0) is 37.5 Å². The van der Waals surface area contributed by atoms with Crippen LogP contribution in [0.2, 0.25) is 0 Å². The summed E-state index contributed by atoms with van der Waals surface area (Å²) >= 11 is 0. The SMILES string of the molecule is Cc1cc(C)c(S(=O)(=O)N(C)CCC(F)(F)F)c(C)c1N. The van der Waals surface area contributed by atoms with Crippen molar-refractivity contribution in [3.63, 3.8) is 0 Å². The van der Waals surface area contributed by atoms with Gasteiger partial charge in [0.25, 0.3) is 0 Å². The number of hydrogen-bond donors (Lipinski definition) is 1. The summed E-state index contributed by atoms with van der Waals surface area (Å²) in [6, 6.07) is 1.62. The first-order chi connectivity index (χ1) is 9.38. The Balaban J connectivity index is 3.23. The first kappa shape index (κ1) is 17.8. The highest BCUT2D eigenvalue weighted by Crippen LogP contribution is 2.30. The third-order valence-electron chi connectivity index (χ3n) is 3.34. The lowest BCUT2D eigenvalue weighted by Gasteiger charge is -2.22. The van der Waals surface area contributed by atoms with Crippen molar-refractivity contribution in [2.24, 2.45) is 0 Å². The Morgan fingerprint density at radius 2 is 1.71 bits per heavy atom. The number of nitrogens with two attached hydrogens (primary N) is 1. The van der Waals surface area contributed by atoms with Crippen molar-refractivity contribution in [3.05, 3.63) is 22.8 Å². The topological polar surface area (TPSA) is 63.4 Å². The fourth-order valence-electron chi connectivity index (χ4n) is 2.14. The first-order valence-corrected chi connectivity index (χ1v) is 7.71. The van der Waals surface area contributed by atoms with Crippen molar-refractivity contribution < 1.29 is 21.6 Å². The molecule has 1 rings (SSSR count). The zero-order valence-corrected chi connectivity index (χ0v) is 13.2. The van der Waals surface area contributed by atoms with Gasteiger partial charge in [-0.15, -0.1) is 0 Å². The van der Waals surface area contributed by atoms with Crippen molar-refractivity contribution in [1.29, 1.82) is 0 Å². The minimum absolute atomic E-state index is 0.0183. The largest absolute Gasteiger partial charge is 0.398 e. The van der Waals surface area contributed by atoms with Crippen molar-refractivity contribution in [2.75, 3.05) is 19.3 Å². The molecular formula is C13H19F3N2O2S. The third kappa shape index (κ3) is 3.88. The van der Waals surface area contributed by atoms with Crippen LogP contribution in [-0.2, 0) is 10.0 Å². The maximum absolute atomic E-state index is 12.5. The molecule has 21 heavy (non-hydrogen) atoms. The maximum Gasteiger partial charge on any atom is 0.390 e. The van der Waals surface area contributed by atoms with Crippen molar-refractivity contribution in [2.45, 2.75) is 38.3 Å². The van der Waals surface area contributed by atoms with E-state index in [0.29, 0.717) is 21.1 Å². The third-order valence-corrected chi connectivity index (χ3v) is 5.49. The van der Waals surface area contributed by atoms with Crippen LogP contribution in [0.5, 0.6) is 0 Å². The Labute approximate surface area is 122 Å². The van der Waals surface area contributed by atoms with Gasteiger partial charge in [0, 0.05) is 19.3 Å². The van der Waals surface area contributed by atoms with Gasteiger partial charge >= 0.3 is 6.18 Å². The molecule has 0 fully saturated rings. The Morgan fingerprint density at radius 3 is 2.19 bits per heavy atom. The van der Waals surface area contributed by atoms with E-state index in [1.54, 1.807) is 26.8 Å². The van der Waals surface area contributed by atoms with Gasteiger partial charge < -0.3 is 5.73 Å². The first-order valence-electron chi connectivity index (χ1n) is 6.27. The van der Waals surface area contributed by atoms with Gasteiger partial charge in [-0.3, -0.25) is 0 Å². The molecule has 0 spiro atoms. The molecule has 0 aliphatic heterocycles. The van der Waals surface area contributed by atoms with E-state index in [1.807, 2.05) is 0 Å². The summed E-state index contributed by atoms with van der Waals surface area (Å²) in [7, 11) is -2.87. The normalized spacial score (nSPS) is 13.0. The quantitative estimate of drug-likeness (QED) is 0.866. The molecule has 0 saturated carbocycles. The number of hydrogen-bond acceptors (Lipinski definition) is 3. The number of nitrogen functional groups attached to an aromatic ring is 1. The van der Waals surface area contributed by atoms with Gasteiger partial charge in [0.1, 0.15) is 0 Å². The molecule has 0 aromatic heterocycles. The number of sulfonamides is 1. The molecule has 4 nitrogen and oxygen atoms in total. The monoisotopic (exact) mass is 324 g/mol. The molecule has 0 bridgehead atoms. The highest BCUT2D eigenvalue weighted by molar-refractivity contribution is 7.89. The smallest absolute Gasteiger partial charge is 0.390 e. The molecule has 0 aliphatic carbocycles. The Kier molecular flexibility index (Phi) is 4.94. The van der Waals surface area contributed by atoms with Crippen LogP contribution in [0, 0.1) is 20.8 Å². The molecule has 120 valence electrons. The molecule has 0 heterocycles. The molecule has 8 heteroatoms. The molecule has 1 aromatic carbocycles. The van der Waals surface area contributed by atoms with Gasteiger partial charge in [-0.2, -0.15) is 13.2 Å². The Morgan fingerprint density at radius 1 is 1.19 bits per heavy atom. The highest BCUT2D eigenvalue weighted by atomic mass is 32.2. The van der Waals surface area contributed by atoms with Gasteiger partial charge in [0.05, 0.1) is 11.3 Å². The van der Waals surface area contributed by atoms with E-state index in [0.717, 1.165) is 12.6 Å². The van der Waals surface area contributed by atoms with Crippen molar-refractivity contribution in [3.8, 4) is 0 Å². The van der Waals surface area contributed by atoms with Crippen LogP contribution in [0.4, 0.5) is 18.9 Å². The average Bonchev–Trinajstić information content (AvgIpc) is 2.31. The average molecular weight is 324 g/mol. The molecule has 0 radical (unpaired) electrons. The number of anilines is 1.